The molecule has 2 aliphatic carbocycles. The molecule has 2 aliphatic heterocycles. The lowest BCUT2D eigenvalue weighted by molar-refractivity contribution is -0.134. The SMILES string of the molecule is O=C(C1CC12CCNCC2)N1CCCC(c2noc(C3CC3)n2)C1. The van der Waals surface area contributed by atoms with Crippen molar-refractivity contribution in [2.75, 3.05) is 26.2 Å². The summed E-state index contributed by atoms with van der Waals surface area (Å²) in [5.41, 5.74) is 0.320. The first kappa shape index (κ1) is 14.9. The highest BCUT2D eigenvalue weighted by Gasteiger charge is 2.58. The number of amides is 1. The predicted octanol–water partition coefficient (Wildman–Crippen LogP) is 2.04. The zero-order valence-electron chi connectivity index (χ0n) is 14.2. The number of hydrogen-bond acceptors (Lipinski definition) is 5. The number of nitrogens with zero attached hydrogens (tertiary/aromatic N) is 3. The fraction of sp³-hybridized carbons (Fsp3) is 0.833. The van der Waals surface area contributed by atoms with E-state index in [0.717, 1.165) is 70.0 Å². The fourth-order valence-corrected chi connectivity index (χ4v) is 4.69. The van der Waals surface area contributed by atoms with E-state index in [1.807, 2.05) is 0 Å². The number of hydrogen-bond donors (Lipinski definition) is 1. The van der Waals surface area contributed by atoms with Gasteiger partial charge in [0.15, 0.2) is 5.82 Å². The second kappa shape index (κ2) is 5.55. The van der Waals surface area contributed by atoms with Crippen LogP contribution >= 0.6 is 0 Å². The number of piperidine rings is 2. The van der Waals surface area contributed by atoms with Crippen molar-refractivity contribution >= 4 is 5.91 Å². The van der Waals surface area contributed by atoms with Gasteiger partial charge < -0.3 is 14.7 Å². The van der Waals surface area contributed by atoms with Crippen LogP contribution in [-0.4, -0.2) is 47.1 Å². The Morgan fingerprint density at radius 2 is 2.04 bits per heavy atom. The smallest absolute Gasteiger partial charge is 0.229 e. The molecule has 24 heavy (non-hydrogen) atoms. The first-order valence-electron chi connectivity index (χ1n) is 9.58. The summed E-state index contributed by atoms with van der Waals surface area (Å²) in [5.74, 6) is 3.03. The van der Waals surface area contributed by atoms with Crippen molar-refractivity contribution in [2.24, 2.45) is 11.3 Å². The van der Waals surface area contributed by atoms with E-state index in [4.69, 9.17) is 4.52 Å². The molecule has 2 saturated carbocycles. The summed E-state index contributed by atoms with van der Waals surface area (Å²) in [6.07, 6.45) is 7.89. The van der Waals surface area contributed by atoms with Crippen LogP contribution in [0.15, 0.2) is 4.52 Å². The van der Waals surface area contributed by atoms with E-state index in [2.05, 4.69) is 20.4 Å². The number of nitrogens with one attached hydrogen (secondary N) is 1. The standard InChI is InChI=1S/C18H26N4O2/c23-17(14-10-18(14)5-7-19-8-6-18)22-9-1-2-13(11-22)15-20-16(24-21-15)12-3-4-12/h12-14,19H,1-11H2. The Bertz CT molecular complexity index is 633. The highest BCUT2D eigenvalue weighted by Crippen LogP contribution is 2.59. The van der Waals surface area contributed by atoms with Crippen LogP contribution in [0.5, 0.6) is 0 Å². The molecule has 6 nitrogen and oxygen atoms in total. The fourth-order valence-electron chi connectivity index (χ4n) is 4.69. The van der Waals surface area contributed by atoms with E-state index in [1.54, 1.807) is 0 Å². The van der Waals surface area contributed by atoms with Crippen molar-refractivity contribution in [2.45, 2.75) is 56.8 Å². The molecule has 2 saturated heterocycles. The average Bonchev–Trinajstić information content (AvgIpc) is 3.54. The van der Waals surface area contributed by atoms with Crippen molar-refractivity contribution < 1.29 is 9.32 Å². The first-order chi connectivity index (χ1) is 11.8. The highest BCUT2D eigenvalue weighted by molar-refractivity contribution is 5.83. The molecule has 130 valence electrons. The molecule has 1 aromatic heterocycles. The largest absolute Gasteiger partial charge is 0.342 e. The Hall–Kier alpha value is -1.43. The second-order valence-corrected chi connectivity index (χ2v) is 8.26. The van der Waals surface area contributed by atoms with Crippen LogP contribution < -0.4 is 5.32 Å². The molecule has 2 unspecified atom stereocenters. The van der Waals surface area contributed by atoms with Gasteiger partial charge >= 0.3 is 0 Å². The van der Waals surface area contributed by atoms with Crippen LogP contribution in [0, 0.1) is 11.3 Å². The number of aromatic nitrogens is 2. The molecule has 5 rings (SSSR count). The van der Waals surface area contributed by atoms with Gasteiger partial charge in [-0.15, -0.1) is 0 Å². The Morgan fingerprint density at radius 1 is 1.21 bits per heavy atom. The van der Waals surface area contributed by atoms with Crippen LogP contribution in [0.4, 0.5) is 0 Å². The first-order valence-corrected chi connectivity index (χ1v) is 9.58. The van der Waals surface area contributed by atoms with Gasteiger partial charge in [0.2, 0.25) is 11.8 Å². The average molecular weight is 330 g/mol. The maximum absolute atomic E-state index is 13.0. The molecule has 1 spiro atoms. The van der Waals surface area contributed by atoms with E-state index in [9.17, 15) is 4.79 Å². The number of carbonyl (C=O) groups excluding carboxylic acids is 1. The minimum atomic E-state index is 0.252. The van der Waals surface area contributed by atoms with Gasteiger partial charge in [0.1, 0.15) is 0 Å². The van der Waals surface area contributed by atoms with Crippen molar-refractivity contribution in [3.8, 4) is 0 Å². The Morgan fingerprint density at radius 3 is 2.83 bits per heavy atom. The third kappa shape index (κ3) is 2.55. The van der Waals surface area contributed by atoms with Gasteiger partial charge in [-0.1, -0.05) is 5.16 Å². The summed E-state index contributed by atoms with van der Waals surface area (Å²) < 4.78 is 5.42. The quantitative estimate of drug-likeness (QED) is 0.918. The van der Waals surface area contributed by atoms with Crippen molar-refractivity contribution in [1.29, 1.82) is 0 Å². The van der Waals surface area contributed by atoms with E-state index in [1.165, 1.54) is 12.8 Å². The molecule has 1 N–H and O–H groups in total. The van der Waals surface area contributed by atoms with Crippen LogP contribution in [0.25, 0.3) is 0 Å². The summed E-state index contributed by atoms with van der Waals surface area (Å²) in [6.45, 7) is 3.80. The highest BCUT2D eigenvalue weighted by atomic mass is 16.5. The lowest BCUT2D eigenvalue weighted by atomic mass is 9.91. The Balaban J connectivity index is 1.24. The van der Waals surface area contributed by atoms with Crippen LogP contribution in [0.3, 0.4) is 0 Å². The maximum atomic E-state index is 13.0. The van der Waals surface area contributed by atoms with Crippen LogP contribution in [0.1, 0.15) is 68.5 Å². The van der Waals surface area contributed by atoms with Crippen LogP contribution in [-0.2, 0) is 4.79 Å². The molecule has 1 aromatic rings. The van der Waals surface area contributed by atoms with E-state index < -0.39 is 0 Å². The van der Waals surface area contributed by atoms with Crippen molar-refractivity contribution in [1.82, 2.24) is 20.4 Å². The number of rotatable bonds is 3. The second-order valence-electron chi connectivity index (χ2n) is 8.26. The number of carbonyl (C=O) groups is 1. The van der Waals surface area contributed by atoms with Crippen molar-refractivity contribution in [3.63, 3.8) is 0 Å². The summed E-state index contributed by atoms with van der Waals surface area (Å²) in [7, 11) is 0. The molecular formula is C18H26N4O2. The van der Waals surface area contributed by atoms with Gasteiger partial charge in [-0.25, -0.2) is 0 Å². The van der Waals surface area contributed by atoms with E-state index in [0.29, 0.717) is 17.2 Å². The van der Waals surface area contributed by atoms with Crippen molar-refractivity contribution in [3.05, 3.63) is 11.7 Å². The molecule has 0 radical (unpaired) electrons. The topological polar surface area (TPSA) is 71.3 Å². The van der Waals surface area contributed by atoms with E-state index >= 15 is 0 Å². The summed E-state index contributed by atoms with van der Waals surface area (Å²) in [5, 5.41) is 7.62. The van der Waals surface area contributed by atoms with E-state index in [-0.39, 0.29) is 11.8 Å². The molecule has 0 bridgehead atoms. The Kier molecular flexibility index (Phi) is 3.44. The molecule has 6 heteroatoms. The molecule has 4 aliphatic rings. The van der Waals surface area contributed by atoms with Crippen LogP contribution in [0.2, 0.25) is 0 Å². The van der Waals surface area contributed by atoms with Gasteiger partial charge in [0.05, 0.1) is 0 Å². The predicted molar refractivity (Wildman–Crippen MR) is 87.5 cm³/mol. The zero-order valence-corrected chi connectivity index (χ0v) is 14.2. The molecule has 2 atom stereocenters. The van der Waals surface area contributed by atoms with Gasteiger partial charge in [0, 0.05) is 30.8 Å². The van der Waals surface area contributed by atoms with Gasteiger partial charge in [0.25, 0.3) is 0 Å². The molecule has 0 aromatic carbocycles. The summed E-state index contributed by atoms with van der Waals surface area (Å²) in [4.78, 5) is 19.7. The minimum Gasteiger partial charge on any atom is -0.342 e. The van der Waals surface area contributed by atoms with Gasteiger partial charge in [-0.05, 0) is 63.5 Å². The number of likely N-dealkylation sites (tertiary alicyclic amines) is 1. The molecule has 4 fully saturated rings. The molecular weight excluding hydrogens is 304 g/mol. The summed E-state index contributed by atoms with van der Waals surface area (Å²) in [6, 6.07) is 0. The lowest BCUT2D eigenvalue weighted by Gasteiger charge is -2.32. The summed E-state index contributed by atoms with van der Waals surface area (Å²) >= 11 is 0. The minimum absolute atomic E-state index is 0.252. The monoisotopic (exact) mass is 330 g/mol. The Labute approximate surface area is 142 Å². The zero-order chi connectivity index (χ0) is 16.1. The normalized spacial score (nSPS) is 32.1. The lowest BCUT2D eigenvalue weighted by Crippen LogP contribution is -2.42. The van der Waals surface area contributed by atoms with Gasteiger partial charge in [-0.3, -0.25) is 4.79 Å². The third-order valence-electron chi connectivity index (χ3n) is 6.57. The van der Waals surface area contributed by atoms with Gasteiger partial charge in [-0.2, -0.15) is 4.98 Å². The third-order valence-corrected chi connectivity index (χ3v) is 6.57. The molecule has 3 heterocycles. The maximum Gasteiger partial charge on any atom is 0.229 e. The molecule has 1 amide bonds.